The molecule has 0 saturated carbocycles. The van der Waals surface area contributed by atoms with Crippen molar-refractivity contribution in [3.63, 3.8) is 0 Å². The Balaban J connectivity index is 1.66. The Kier molecular flexibility index (Phi) is 5.37. The van der Waals surface area contributed by atoms with Gasteiger partial charge in [-0.05, 0) is 37.1 Å². The predicted molar refractivity (Wildman–Crippen MR) is 107 cm³/mol. The van der Waals surface area contributed by atoms with Gasteiger partial charge in [0.25, 0.3) is 0 Å². The van der Waals surface area contributed by atoms with Crippen molar-refractivity contribution in [3.8, 4) is 0 Å². The number of aryl methyl sites for hydroxylation is 1. The lowest BCUT2D eigenvalue weighted by molar-refractivity contribution is 0.187. The zero-order valence-corrected chi connectivity index (χ0v) is 17.2. The van der Waals surface area contributed by atoms with Crippen molar-refractivity contribution in [1.29, 1.82) is 0 Å². The van der Waals surface area contributed by atoms with E-state index in [1.165, 1.54) is 16.4 Å². The second-order valence-electron chi connectivity index (χ2n) is 7.24. The number of hydrogen-bond donors (Lipinski definition) is 0. The first kappa shape index (κ1) is 19.9. The summed E-state index contributed by atoms with van der Waals surface area (Å²) in [7, 11) is -2.13. The van der Waals surface area contributed by atoms with Gasteiger partial charge in [-0.15, -0.1) is 0 Å². The van der Waals surface area contributed by atoms with Crippen molar-refractivity contribution in [3.05, 3.63) is 53.9 Å². The first-order valence-electron chi connectivity index (χ1n) is 9.47. The minimum atomic E-state index is -3.77. The third-order valence-corrected chi connectivity index (χ3v) is 7.39. The number of aromatic nitrogens is 3. The molecule has 0 aliphatic carbocycles. The molecule has 0 bridgehead atoms. The van der Waals surface area contributed by atoms with Crippen molar-refractivity contribution < 1.29 is 17.5 Å². The normalized spacial score (nSPS) is 18.0. The van der Waals surface area contributed by atoms with Crippen molar-refractivity contribution in [1.82, 2.24) is 18.8 Å². The lowest BCUT2D eigenvalue weighted by atomic mass is 10.1. The van der Waals surface area contributed by atoms with Gasteiger partial charge in [0, 0.05) is 38.9 Å². The average Bonchev–Trinajstić information content (AvgIpc) is 3.33. The van der Waals surface area contributed by atoms with E-state index in [4.69, 9.17) is 9.72 Å². The molecular weight excluding hydrogens is 395 g/mol. The summed E-state index contributed by atoms with van der Waals surface area (Å²) in [4.78, 5) is 8.97. The van der Waals surface area contributed by atoms with Gasteiger partial charge in [0.05, 0.1) is 28.7 Å². The number of fused-ring (bicyclic) bond motifs is 1. The number of halogens is 1. The van der Waals surface area contributed by atoms with Crippen LogP contribution in [0.2, 0.25) is 0 Å². The van der Waals surface area contributed by atoms with E-state index >= 15 is 0 Å². The van der Waals surface area contributed by atoms with Gasteiger partial charge in [0.2, 0.25) is 10.0 Å². The molecule has 0 unspecified atom stereocenters. The number of hydrogen-bond acceptors (Lipinski definition) is 5. The Morgan fingerprint density at radius 1 is 1.31 bits per heavy atom. The summed E-state index contributed by atoms with van der Waals surface area (Å²) in [5.41, 5.74) is 2.27. The van der Waals surface area contributed by atoms with E-state index in [0.717, 1.165) is 22.9 Å². The van der Waals surface area contributed by atoms with Crippen LogP contribution in [0.4, 0.5) is 4.39 Å². The molecule has 2 aromatic heterocycles. The highest BCUT2D eigenvalue weighted by molar-refractivity contribution is 7.89. The van der Waals surface area contributed by atoms with Crippen molar-refractivity contribution in [2.45, 2.75) is 30.7 Å². The van der Waals surface area contributed by atoms with Gasteiger partial charge < -0.3 is 9.30 Å². The fourth-order valence-corrected chi connectivity index (χ4v) is 5.60. The van der Waals surface area contributed by atoms with Crippen molar-refractivity contribution in [2.75, 3.05) is 26.8 Å². The van der Waals surface area contributed by atoms with E-state index in [1.54, 1.807) is 26.4 Å². The molecule has 1 saturated heterocycles. The SMILES string of the molecule is COCCn1c([C@@H]2CCN(S(=O)(=O)c3cc(F)ccc3C)C2)nc2ccncc21. The average molecular weight is 418 g/mol. The zero-order chi connectivity index (χ0) is 20.6. The van der Waals surface area contributed by atoms with Gasteiger partial charge in [-0.25, -0.2) is 17.8 Å². The lowest BCUT2D eigenvalue weighted by Crippen LogP contribution is -2.29. The number of sulfonamides is 1. The molecule has 29 heavy (non-hydrogen) atoms. The molecule has 1 aliphatic rings. The Bertz CT molecular complexity index is 1150. The summed E-state index contributed by atoms with van der Waals surface area (Å²) in [6, 6.07) is 5.71. The van der Waals surface area contributed by atoms with Gasteiger partial charge in [0.1, 0.15) is 11.6 Å². The number of ether oxygens (including phenoxy) is 1. The summed E-state index contributed by atoms with van der Waals surface area (Å²) in [5.74, 6) is 0.223. The van der Waals surface area contributed by atoms with Gasteiger partial charge in [-0.2, -0.15) is 4.31 Å². The van der Waals surface area contributed by atoms with E-state index in [2.05, 4.69) is 9.55 Å². The third kappa shape index (κ3) is 3.65. The number of benzene rings is 1. The van der Waals surface area contributed by atoms with Crippen LogP contribution in [0.5, 0.6) is 0 Å². The highest BCUT2D eigenvalue weighted by atomic mass is 32.2. The number of pyridine rings is 1. The maximum Gasteiger partial charge on any atom is 0.243 e. The fraction of sp³-hybridized carbons (Fsp3) is 0.400. The van der Waals surface area contributed by atoms with Gasteiger partial charge in [-0.1, -0.05) is 6.07 Å². The Hall–Kier alpha value is -2.36. The fourth-order valence-electron chi connectivity index (χ4n) is 3.87. The minimum Gasteiger partial charge on any atom is -0.383 e. The molecule has 1 aliphatic heterocycles. The number of nitrogens with zero attached hydrogens (tertiary/aromatic N) is 4. The van der Waals surface area contributed by atoms with Crippen LogP contribution in [0.3, 0.4) is 0 Å². The standard InChI is InChI=1S/C20H23FN4O3S/c1-14-3-4-16(21)11-19(14)29(26,27)24-8-6-15(13-24)20-23-17-5-7-22-12-18(17)25(20)9-10-28-2/h3-5,7,11-12,15H,6,8-10,13H2,1-2H3/t15-/m1/s1. The third-order valence-electron chi connectivity index (χ3n) is 5.38. The molecule has 1 aromatic carbocycles. The smallest absolute Gasteiger partial charge is 0.243 e. The van der Waals surface area contributed by atoms with Crippen LogP contribution in [-0.2, 0) is 21.3 Å². The van der Waals surface area contributed by atoms with Gasteiger partial charge in [0.15, 0.2) is 0 Å². The summed E-state index contributed by atoms with van der Waals surface area (Å²) in [5, 5.41) is 0. The molecule has 4 rings (SSSR count). The van der Waals surface area contributed by atoms with Crippen LogP contribution >= 0.6 is 0 Å². The molecule has 154 valence electrons. The van der Waals surface area contributed by atoms with E-state index in [1.807, 2.05) is 6.07 Å². The first-order valence-corrected chi connectivity index (χ1v) is 10.9. The summed E-state index contributed by atoms with van der Waals surface area (Å²) < 4.78 is 48.6. The summed E-state index contributed by atoms with van der Waals surface area (Å²) in [6.07, 6.45) is 4.11. The number of rotatable bonds is 6. The van der Waals surface area contributed by atoms with Crippen LogP contribution in [-0.4, -0.2) is 54.1 Å². The molecule has 0 spiro atoms. The van der Waals surface area contributed by atoms with E-state index in [9.17, 15) is 12.8 Å². The largest absolute Gasteiger partial charge is 0.383 e. The second-order valence-corrected chi connectivity index (χ2v) is 9.14. The molecule has 7 nitrogen and oxygen atoms in total. The molecular formula is C20H23FN4O3S. The lowest BCUT2D eigenvalue weighted by Gasteiger charge is -2.18. The molecule has 9 heteroatoms. The van der Waals surface area contributed by atoms with Crippen molar-refractivity contribution >= 4 is 21.1 Å². The van der Waals surface area contributed by atoms with Crippen LogP contribution in [0.1, 0.15) is 23.7 Å². The molecule has 1 fully saturated rings. The molecule has 0 radical (unpaired) electrons. The summed E-state index contributed by atoms with van der Waals surface area (Å²) >= 11 is 0. The van der Waals surface area contributed by atoms with Crippen LogP contribution in [0.25, 0.3) is 11.0 Å². The zero-order valence-electron chi connectivity index (χ0n) is 16.4. The van der Waals surface area contributed by atoms with Crippen LogP contribution in [0, 0.1) is 12.7 Å². The molecule has 3 heterocycles. The minimum absolute atomic E-state index is 0.0234. The summed E-state index contributed by atoms with van der Waals surface area (Å²) in [6.45, 7) is 3.48. The number of imidazole rings is 1. The Morgan fingerprint density at radius 3 is 2.93 bits per heavy atom. The molecule has 0 N–H and O–H groups in total. The maximum absolute atomic E-state index is 13.7. The van der Waals surface area contributed by atoms with Crippen molar-refractivity contribution in [2.24, 2.45) is 0 Å². The maximum atomic E-state index is 13.7. The van der Waals surface area contributed by atoms with E-state index in [-0.39, 0.29) is 10.8 Å². The van der Waals surface area contributed by atoms with Crippen LogP contribution < -0.4 is 0 Å². The predicted octanol–water partition coefficient (Wildman–Crippen LogP) is 2.70. The second kappa shape index (κ2) is 7.81. The molecule has 1 atom stereocenters. The van der Waals surface area contributed by atoms with E-state index < -0.39 is 15.8 Å². The van der Waals surface area contributed by atoms with E-state index in [0.29, 0.717) is 38.2 Å². The topological polar surface area (TPSA) is 77.3 Å². The molecule has 3 aromatic rings. The highest BCUT2D eigenvalue weighted by Crippen LogP contribution is 2.33. The Labute approximate surface area is 169 Å². The quantitative estimate of drug-likeness (QED) is 0.615. The first-order chi connectivity index (χ1) is 13.9. The monoisotopic (exact) mass is 418 g/mol. The Morgan fingerprint density at radius 2 is 2.14 bits per heavy atom. The van der Waals surface area contributed by atoms with Crippen LogP contribution in [0.15, 0.2) is 41.6 Å². The van der Waals surface area contributed by atoms with Gasteiger partial charge in [-0.3, -0.25) is 4.98 Å². The van der Waals surface area contributed by atoms with Gasteiger partial charge >= 0.3 is 0 Å². The molecule has 0 amide bonds. The number of methoxy groups -OCH3 is 1. The highest BCUT2D eigenvalue weighted by Gasteiger charge is 2.36.